The van der Waals surface area contributed by atoms with E-state index in [1.807, 2.05) is 47.9 Å². The van der Waals surface area contributed by atoms with Crippen LogP contribution >= 0.6 is 0 Å². The van der Waals surface area contributed by atoms with Crippen molar-refractivity contribution in [3.8, 4) is 0 Å². The number of aromatic amines is 1. The second kappa shape index (κ2) is 7.75. The van der Waals surface area contributed by atoms with Crippen LogP contribution in [-0.2, 0) is 22.5 Å². The Labute approximate surface area is 164 Å². The third-order valence-electron chi connectivity index (χ3n) is 5.63. The van der Waals surface area contributed by atoms with Crippen LogP contribution in [0.5, 0.6) is 0 Å². The van der Waals surface area contributed by atoms with Gasteiger partial charge in [0.25, 0.3) is 5.56 Å². The van der Waals surface area contributed by atoms with E-state index in [4.69, 9.17) is 9.72 Å². The summed E-state index contributed by atoms with van der Waals surface area (Å²) in [7, 11) is 0. The van der Waals surface area contributed by atoms with Gasteiger partial charge in [0, 0.05) is 25.2 Å². The summed E-state index contributed by atoms with van der Waals surface area (Å²) in [6.45, 7) is 7.55. The summed E-state index contributed by atoms with van der Waals surface area (Å²) in [6, 6.07) is 8.07. The monoisotopic (exact) mass is 382 g/mol. The van der Waals surface area contributed by atoms with Crippen molar-refractivity contribution in [2.24, 2.45) is 0 Å². The number of aryl methyl sites for hydroxylation is 1. The lowest BCUT2D eigenvalue weighted by molar-refractivity contribution is -0.133. The number of hydrogen-bond donors (Lipinski definition) is 1. The summed E-state index contributed by atoms with van der Waals surface area (Å²) >= 11 is 0. The molecule has 1 fully saturated rings. The van der Waals surface area contributed by atoms with Gasteiger partial charge in [-0.05, 0) is 25.8 Å². The quantitative estimate of drug-likeness (QED) is 0.873. The summed E-state index contributed by atoms with van der Waals surface area (Å²) in [4.78, 5) is 37.0. The van der Waals surface area contributed by atoms with E-state index in [0.717, 1.165) is 5.56 Å². The molecule has 2 aliphatic heterocycles. The molecule has 0 unspecified atom stereocenters. The number of aromatic nitrogens is 2. The predicted molar refractivity (Wildman–Crippen MR) is 107 cm³/mol. The summed E-state index contributed by atoms with van der Waals surface area (Å²) in [5.74, 6) is 0.431. The third kappa shape index (κ3) is 3.67. The Bertz CT molecular complexity index is 916. The molecule has 1 N–H and O–H groups in total. The number of carbonyl (C=O) groups is 1. The zero-order chi connectivity index (χ0) is 19.7. The number of nitrogens with one attached hydrogen (secondary N) is 1. The number of H-pyrrole nitrogens is 1. The van der Waals surface area contributed by atoms with E-state index in [1.54, 1.807) is 0 Å². The molecule has 4 rings (SSSR count). The molecule has 1 atom stereocenters. The maximum absolute atomic E-state index is 13.1. The first-order chi connectivity index (χ1) is 13.5. The minimum atomic E-state index is -0.220. The molecule has 148 valence electrons. The molecule has 7 nitrogen and oxygen atoms in total. The Morgan fingerprint density at radius 3 is 2.61 bits per heavy atom. The zero-order valence-electron chi connectivity index (χ0n) is 16.4. The number of morpholine rings is 1. The molecule has 1 saturated heterocycles. The molecule has 1 amide bonds. The molecule has 2 aromatic rings. The summed E-state index contributed by atoms with van der Waals surface area (Å²) < 4.78 is 5.37. The molecule has 0 radical (unpaired) electrons. The number of carbonyl (C=O) groups excluding carboxylic acids is 1. The smallest absolute Gasteiger partial charge is 0.255 e. The molecule has 3 heterocycles. The van der Waals surface area contributed by atoms with Gasteiger partial charge in [-0.3, -0.25) is 14.6 Å². The molecule has 0 aliphatic carbocycles. The highest BCUT2D eigenvalue weighted by Crippen LogP contribution is 2.23. The van der Waals surface area contributed by atoms with Crippen LogP contribution in [0.2, 0.25) is 0 Å². The second-order valence-electron chi connectivity index (χ2n) is 7.56. The van der Waals surface area contributed by atoms with E-state index in [0.29, 0.717) is 63.0 Å². The van der Waals surface area contributed by atoms with Crippen LogP contribution < -0.4 is 10.5 Å². The molecule has 1 aromatic carbocycles. The maximum atomic E-state index is 13.1. The number of ether oxygens (including phenoxy) is 1. The van der Waals surface area contributed by atoms with E-state index in [1.165, 1.54) is 5.56 Å². The summed E-state index contributed by atoms with van der Waals surface area (Å²) in [5.41, 5.74) is 3.50. The van der Waals surface area contributed by atoms with E-state index in [9.17, 15) is 9.59 Å². The van der Waals surface area contributed by atoms with Crippen molar-refractivity contribution in [1.82, 2.24) is 14.9 Å². The van der Waals surface area contributed by atoms with Crippen LogP contribution in [0.25, 0.3) is 0 Å². The van der Waals surface area contributed by atoms with Crippen molar-refractivity contribution in [2.45, 2.75) is 32.7 Å². The lowest BCUT2D eigenvalue weighted by Gasteiger charge is -2.32. The Morgan fingerprint density at radius 2 is 1.89 bits per heavy atom. The minimum absolute atomic E-state index is 0.0736. The topological polar surface area (TPSA) is 78.5 Å². The van der Waals surface area contributed by atoms with Crippen molar-refractivity contribution in [1.29, 1.82) is 0 Å². The van der Waals surface area contributed by atoms with Crippen molar-refractivity contribution >= 4 is 11.9 Å². The van der Waals surface area contributed by atoms with Crippen LogP contribution in [0, 0.1) is 6.92 Å². The molecule has 7 heteroatoms. The van der Waals surface area contributed by atoms with Crippen molar-refractivity contribution in [2.75, 3.05) is 37.7 Å². The van der Waals surface area contributed by atoms with Gasteiger partial charge in [0.1, 0.15) is 0 Å². The number of anilines is 1. The molecule has 28 heavy (non-hydrogen) atoms. The first-order valence-electron chi connectivity index (χ1n) is 9.83. The van der Waals surface area contributed by atoms with E-state index < -0.39 is 0 Å². The largest absolute Gasteiger partial charge is 0.378 e. The van der Waals surface area contributed by atoms with Gasteiger partial charge >= 0.3 is 0 Å². The van der Waals surface area contributed by atoms with Gasteiger partial charge in [0.2, 0.25) is 11.9 Å². The van der Waals surface area contributed by atoms with Gasteiger partial charge < -0.3 is 14.5 Å². The summed E-state index contributed by atoms with van der Waals surface area (Å²) in [5, 5.41) is 0. The van der Waals surface area contributed by atoms with Gasteiger partial charge in [-0.25, -0.2) is 4.98 Å². The molecule has 0 saturated carbocycles. The first kappa shape index (κ1) is 18.7. The van der Waals surface area contributed by atoms with Gasteiger partial charge in [-0.2, -0.15) is 0 Å². The normalized spacial score (nSPS) is 17.9. The fourth-order valence-electron chi connectivity index (χ4n) is 3.81. The fourth-order valence-corrected chi connectivity index (χ4v) is 3.81. The van der Waals surface area contributed by atoms with Gasteiger partial charge in [-0.1, -0.05) is 29.8 Å². The zero-order valence-corrected chi connectivity index (χ0v) is 16.4. The lowest BCUT2D eigenvalue weighted by atomic mass is 9.97. The van der Waals surface area contributed by atoms with Crippen molar-refractivity contribution in [3.63, 3.8) is 0 Å². The third-order valence-corrected chi connectivity index (χ3v) is 5.63. The Hall–Kier alpha value is -2.67. The van der Waals surface area contributed by atoms with Crippen LogP contribution in [0.4, 0.5) is 5.95 Å². The van der Waals surface area contributed by atoms with Gasteiger partial charge in [0.05, 0.1) is 31.4 Å². The highest BCUT2D eigenvalue weighted by atomic mass is 16.5. The highest BCUT2D eigenvalue weighted by molar-refractivity contribution is 5.83. The van der Waals surface area contributed by atoms with Gasteiger partial charge in [-0.15, -0.1) is 0 Å². The number of rotatable bonds is 3. The number of hydrogen-bond acceptors (Lipinski definition) is 5. The fraction of sp³-hybridized carbons (Fsp3) is 0.476. The predicted octanol–water partition coefficient (Wildman–Crippen LogP) is 1.60. The average Bonchev–Trinajstić information content (AvgIpc) is 2.73. The van der Waals surface area contributed by atoms with Crippen LogP contribution in [0.3, 0.4) is 0 Å². The minimum Gasteiger partial charge on any atom is -0.378 e. The Balaban J connectivity index is 1.54. The standard InChI is InChI=1S/C21H26N4O3/c1-14-3-5-16(6-4-14)15(2)20(27)25-8-7-17-18(13-25)22-21(23-19(17)26)24-9-11-28-12-10-24/h3-6,15H,7-13H2,1-2H3,(H,22,23,26)/t15-/m0/s1. The summed E-state index contributed by atoms with van der Waals surface area (Å²) in [6.07, 6.45) is 0.535. The van der Waals surface area contributed by atoms with Gasteiger partial charge in [0.15, 0.2) is 0 Å². The second-order valence-corrected chi connectivity index (χ2v) is 7.56. The van der Waals surface area contributed by atoms with Crippen molar-refractivity contribution < 1.29 is 9.53 Å². The van der Waals surface area contributed by atoms with E-state index in [2.05, 4.69) is 4.98 Å². The number of nitrogens with zero attached hydrogens (tertiary/aromatic N) is 3. The highest BCUT2D eigenvalue weighted by Gasteiger charge is 2.28. The molecular formula is C21H26N4O3. The molecular weight excluding hydrogens is 356 g/mol. The molecule has 2 aliphatic rings. The maximum Gasteiger partial charge on any atom is 0.255 e. The van der Waals surface area contributed by atoms with Crippen LogP contribution in [-0.4, -0.2) is 53.6 Å². The average molecular weight is 382 g/mol. The lowest BCUT2D eigenvalue weighted by Crippen LogP contribution is -2.43. The van der Waals surface area contributed by atoms with E-state index in [-0.39, 0.29) is 17.4 Å². The Morgan fingerprint density at radius 1 is 1.18 bits per heavy atom. The number of fused-ring (bicyclic) bond motifs is 1. The SMILES string of the molecule is Cc1ccc([C@H](C)C(=O)N2CCc3c(nc(N4CCOCC4)[nH]c3=O)C2)cc1. The molecule has 0 spiro atoms. The van der Waals surface area contributed by atoms with E-state index >= 15 is 0 Å². The molecule has 1 aromatic heterocycles. The molecule has 0 bridgehead atoms. The number of amides is 1. The van der Waals surface area contributed by atoms with Crippen LogP contribution in [0.15, 0.2) is 29.1 Å². The Kier molecular flexibility index (Phi) is 5.17. The van der Waals surface area contributed by atoms with Crippen molar-refractivity contribution in [3.05, 3.63) is 57.0 Å². The first-order valence-corrected chi connectivity index (χ1v) is 9.83. The van der Waals surface area contributed by atoms with Crippen LogP contribution in [0.1, 0.15) is 35.2 Å². The number of benzene rings is 1.